The topological polar surface area (TPSA) is 183 Å². The van der Waals surface area contributed by atoms with Crippen LogP contribution in [0.25, 0.3) is 0 Å². The van der Waals surface area contributed by atoms with Crippen LogP contribution >= 0.6 is 11.3 Å². The Balaban J connectivity index is 2.26. The number of thiazole rings is 1. The predicted octanol–water partition coefficient (Wildman–Crippen LogP) is 3.98. The Morgan fingerprint density at radius 2 is 2.00 bits per heavy atom. The van der Waals surface area contributed by atoms with E-state index in [1.165, 1.54) is 18.3 Å². The Labute approximate surface area is 238 Å². The van der Waals surface area contributed by atoms with Gasteiger partial charge in [-0.3, -0.25) is 19.6 Å². The van der Waals surface area contributed by atoms with Crippen LogP contribution in [-0.2, 0) is 14.4 Å². The summed E-state index contributed by atoms with van der Waals surface area (Å²) in [5.41, 5.74) is 0. The lowest BCUT2D eigenvalue weighted by Gasteiger charge is -2.34. The van der Waals surface area contributed by atoms with Crippen LogP contribution in [0.15, 0.2) is 22.0 Å². The summed E-state index contributed by atoms with van der Waals surface area (Å²) in [6.45, 7) is 0.128. The van der Waals surface area contributed by atoms with Crippen molar-refractivity contribution in [2.45, 2.75) is 82.5 Å². The van der Waals surface area contributed by atoms with Crippen molar-refractivity contribution in [3.8, 4) is 0 Å². The second kappa shape index (κ2) is 16.8. The fourth-order valence-corrected chi connectivity index (χ4v) is 5.36. The van der Waals surface area contributed by atoms with E-state index >= 15 is 0 Å². The van der Waals surface area contributed by atoms with E-state index in [9.17, 15) is 42.9 Å². The van der Waals surface area contributed by atoms with Gasteiger partial charge in [-0.15, -0.1) is 11.3 Å². The van der Waals surface area contributed by atoms with Crippen LogP contribution in [0, 0.1) is 22.0 Å². The maximum Gasteiger partial charge on any atom is 0.389 e. The largest absolute Gasteiger partial charge is 0.389 e. The minimum absolute atomic E-state index is 0.00357. The molecule has 1 aliphatic carbocycles. The molecule has 230 valence electrons. The molecular formula is C23H35F3N8O6S. The van der Waals surface area contributed by atoms with Crippen molar-refractivity contribution in [3.05, 3.63) is 21.7 Å². The van der Waals surface area contributed by atoms with Gasteiger partial charge in [-0.25, -0.2) is 10.0 Å². The van der Waals surface area contributed by atoms with Crippen molar-refractivity contribution in [1.29, 1.82) is 0 Å². The molecule has 0 spiro atoms. The zero-order chi connectivity index (χ0) is 30.4. The number of halogens is 3. The summed E-state index contributed by atoms with van der Waals surface area (Å²) in [5, 5.41) is 34.2. The molecule has 0 saturated heterocycles. The van der Waals surface area contributed by atoms with Gasteiger partial charge in [0, 0.05) is 25.0 Å². The standard InChI is InChI=1S/C23H35F3N8O6S/c1-32(30-31-34(39)40)12-5-8-18(21(37)29-22-27-11-13-41-22)28-20(36)17(14-16-6-3-2-4-7-16)19(33(38)15-35)9-10-23(24,25)26/h11,13,15-19,38H,2-10,12,14H2,1H3,(H,28,36)(H,27,29,37)/t17-,18+,19+/m1/s1. The molecule has 3 amide bonds. The number of hydroxylamine groups is 2. The average Bonchev–Trinajstić information content (AvgIpc) is 3.43. The molecular weight excluding hydrogens is 573 g/mol. The normalized spacial score (nSPS) is 16.5. The number of nitrogens with one attached hydrogen (secondary N) is 2. The highest BCUT2D eigenvalue weighted by molar-refractivity contribution is 7.13. The maximum atomic E-state index is 13.6. The summed E-state index contributed by atoms with van der Waals surface area (Å²) in [4.78, 5) is 52.5. The van der Waals surface area contributed by atoms with Gasteiger partial charge in [0.2, 0.25) is 23.4 Å². The Morgan fingerprint density at radius 1 is 1.29 bits per heavy atom. The zero-order valence-electron chi connectivity index (χ0n) is 22.5. The minimum Gasteiger partial charge on any atom is -0.344 e. The lowest BCUT2D eigenvalue weighted by molar-refractivity contribution is -0.496. The molecule has 1 saturated carbocycles. The van der Waals surface area contributed by atoms with Crippen LogP contribution in [0.3, 0.4) is 0 Å². The number of nitrogens with zero attached hydrogens (tertiary/aromatic N) is 6. The Kier molecular flexibility index (Phi) is 13.8. The third kappa shape index (κ3) is 12.8. The van der Waals surface area contributed by atoms with E-state index in [1.54, 1.807) is 5.38 Å². The first-order valence-corrected chi connectivity index (χ1v) is 14.0. The zero-order valence-corrected chi connectivity index (χ0v) is 23.4. The molecule has 3 N–H and O–H groups in total. The highest BCUT2D eigenvalue weighted by Crippen LogP contribution is 2.34. The summed E-state index contributed by atoms with van der Waals surface area (Å²) in [6, 6.07) is -2.64. The van der Waals surface area contributed by atoms with E-state index in [0.717, 1.165) is 43.4 Å². The summed E-state index contributed by atoms with van der Waals surface area (Å²) >= 11 is 1.14. The van der Waals surface area contributed by atoms with E-state index < -0.39 is 53.9 Å². The first kappa shape index (κ1) is 33.8. The van der Waals surface area contributed by atoms with Crippen molar-refractivity contribution in [2.24, 2.45) is 22.3 Å². The van der Waals surface area contributed by atoms with Gasteiger partial charge < -0.3 is 20.7 Å². The minimum atomic E-state index is -4.58. The monoisotopic (exact) mass is 608 g/mol. The summed E-state index contributed by atoms with van der Waals surface area (Å²) in [6.07, 6.45) is -0.507. The lowest BCUT2D eigenvalue weighted by atomic mass is 9.79. The number of carbonyl (C=O) groups is 3. The average molecular weight is 609 g/mol. The van der Waals surface area contributed by atoms with Gasteiger partial charge in [0.25, 0.3) is 0 Å². The molecule has 3 atom stereocenters. The molecule has 0 aliphatic heterocycles. The van der Waals surface area contributed by atoms with E-state index in [1.807, 2.05) is 0 Å². The van der Waals surface area contributed by atoms with Gasteiger partial charge in [-0.2, -0.15) is 18.2 Å². The third-order valence-electron chi connectivity index (χ3n) is 6.82. The predicted molar refractivity (Wildman–Crippen MR) is 140 cm³/mol. The Morgan fingerprint density at radius 3 is 2.59 bits per heavy atom. The van der Waals surface area contributed by atoms with Crippen molar-refractivity contribution in [3.63, 3.8) is 0 Å². The Hall–Kier alpha value is -3.41. The van der Waals surface area contributed by atoms with Gasteiger partial charge in [0.05, 0.1) is 23.5 Å². The number of rotatable bonds is 17. The van der Waals surface area contributed by atoms with Crippen LogP contribution in [0.1, 0.15) is 64.2 Å². The smallest absolute Gasteiger partial charge is 0.344 e. The molecule has 18 heteroatoms. The molecule has 14 nitrogen and oxygen atoms in total. The molecule has 1 heterocycles. The maximum absolute atomic E-state index is 13.6. The molecule has 0 bridgehead atoms. The van der Waals surface area contributed by atoms with Crippen LogP contribution in [0.4, 0.5) is 18.3 Å². The van der Waals surface area contributed by atoms with Gasteiger partial charge >= 0.3 is 6.18 Å². The quantitative estimate of drug-likeness (QED) is 0.0780. The summed E-state index contributed by atoms with van der Waals surface area (Å²) < 4.78 is 39.3. The van der Waals surface area contributed by atoms with Gasteiger partial charge in [-0.1, -0.05) is 32.1 Å². The number of hydrogen-bond donors (Lipinski definition) is 3. The van der Waals surface area contributed by atoms with Crippen molar-refractivity contribution >= 4 is 34.7 Å². The van der Waals surface area contributed by atoms with Crippen molar-refractivity contribution in [2.75, 3.05) is 18.9 Å². The number of nitro groups is 1. The number of aromatic nitrogens is 1. The van der Waals surface area contributed by atoms with Gasteiger partial charge in [-0.05, 0) is 31.6 Å². The molecule has 0 unspecified atom stereocenters. The molecule has 0 radical (unpaired) electrons. The fraction of sp³-hybridized carbons (Fsp3) is 0.739. The molecule has 1 aromatic rings. The highest BCUT2D eigenvalue weighted by atomic mass is 32.1. The van der Waals surface area contributed by atoms with Crippen molar-refractivity contribution < 1.29 is 37.8 Å². The van der Waals surface area contributed by atoms with Crippen LogP contribution in [-0.4, -0.2) is 75.4 Å². The van der Waals surface area contributed by atoms with Gasteiger partial charge in [0.1, 0.15) is 6.04 Å². The SMILES string of the molecule is CN(CCC[C@H](NC(=O)[C@H](CC1CCCCC1)[C@H](CCC(F)(F)F)N(O)C=O)C(=O)Nc1nccs1)N=N[N+](=O)[O-]. The van der Waals surface area contributed by atoms with E-state index in [2.05, 4.69) is 26.1 Å². The van der Waals surface area contributed by atoms with Gasteiger partial charge in [0.15, 0.2) is 10.4 Å². The first-order valence-electron chi connectivity index (χ1n) is 13.2. The number of alkyl halides is 3. The number of hydrogen-bond acceptors (Lipinski definition) is 9. The summed E-state index contributed by atoms with van der Waals surface area (Å²) in [5.74, 6) is -2.63. The van der Waals surface area contributed by atoms with E-state index in [4.69, 9.17) is 0 Å². The van der Waals surface area contributed by atoms with Crippen LogP contribution in [0.2, 0.25) is 0 Å². The molecule has 2 rings (SSSR count). The molecule has 41 heavy (non-hydrogen) atoms. The first-order chi connectivity index (χ1) is 19.4. The fourth-order valence-electron chi connectivity index (χ4n) is 4.82. The number of carbonyl (C=O) groups excluding carboxylic acids is 3. The second-order valence-corrected chi connectivity index (χ2v) is 10.8. The Bertz CT molecular complexity index is 1010. The molecule has 1 aliphatic rings. The number of amides is 3. The highest BCUT2D eigenvalue weighted by Gasteiger charge is 2.39. The number of anilines is 1. The third-order valence-corrected chi connectivity index (χ3v) is 7.51. The van der Waals surface area contributed by atoms with Crippen LogP contribution < -0.4 is 10.6 Å². The van der Waals surface area contributed by atoms with Crippen molar-refractivity contribution in [1.82, 2.24) is 20.4 Å². The molecule has 1 fully saturated rings. The lowest BCUT2D eigenvalue weighted by Crippen LogP contribution is -2.51. The molecule has 1 aromatic heterocycles. The van der Waals surface area contributed by atoms with E-state index in [-0.39, 0.29) is 48.3 Å². The van der Waals surface area contributed by atoms with Crippen LogP contribution in [0.5, 0.6) is 0 Å². The second-order valence-electron chi connectivity index (χ2n) is 9.88. The van der Waals surface area contributed by atoms with E-state index in [0.29, 0.717) is 0 Å². The summed E-state index contributed by atoms with van der Waals surface area (Å²) in [7, 11) is 1.43. The molecule has 0 aromatic carbocycles.